The van der Waals surface area contributed by atoms with E-state index in [0.29, 0.717) is 4.47 Å². The number of halogens is 1. The minimum atomic E-state index is -1.33. The largest absolute Gasteiger partial charge is 0.480 e. The van der Waals surface area contributed by atoms with Crippen LogP contribution < -0.4 is 5.32 Å². The molecule has 1 aliphatic rings. The van der Waals surface area contributed by atoms with E-state index in [9.17, 15) is 14.7 Å². The third-order valence-corrected chi connectivity index (χ3v) is 3.66. The minimum absolute atomic E-state index is 0.209. The van der Waals surface area contributed by atoms with Gasteiger partial charge in [-0.2, -0.15) is 0 Å². The molecule has 1 aliphatic heterocycles. The molecule has 114 valence electrons. The van der Waals surface area contributed by atoms with Crippen molar-refractivity contribution in [2.24, 2.45) is 4.99 Å². The average Bonchev–Trinajstić information content (AvgIpc) is 2.86. The summed E-state index contributed by atoms with van der Waals surface area (Å²) in [6.45, 7) is 1.34. The number of carboxylic acids is 1. The van der Waals surface area contributed by atoms with E-state index in [2.05, 4.69) is 31.2 Å². The maximum absolute atomic E-state index is 11.8. The molecule has 1 aromatic rings. The van der Waals surface area contributed by atoms with Gasteiger partial charge in [0.15, 0.2) is 6.04 Å². The Hall–Kier alpha value is -1.87. The van der Waals surface area contributed by atoms with E-state index in [1.165, 1.54) is 6.34 Å². The predicted octanol–water partition coefficient (Wildman–Crippen LogP) is 0.138. The summed E-state index contributed by atoms with van der Waals surface area (Å²) in [7, 11) is 0. The van der Waals surface area contributed by atoms with Gasteiger partial charge in [0, 0.05) is 10.7 Å². The molecule has 0 fully saturated rings. The highest BCUT2D eigenvalue weighted by Crippen LogP contribution is 2.20. The van der Waals surface area contributed by atoms with Crippen LogP contribution in [0.25, 0.3) is 0 Å². The van der Waals surface area contributed by atoms with Crippen LogP contribution in [0, 0.1) is 0 Å². The number of carbonyl (C=O) groups excluding carboxylic acids is 1. The lowest BCUT2D eigenvalue weighted by molar-refractivity contribution is -0.143. The van der Waals surface area contributed by atoms with Gasteiger partial charge in [-0.05, 0) is 28.9 Å². The molecule has 4 N–H and O–H groups in total. The molecule has 0 amide bonds. The van der Waals surface area contributed by atoms with Crippen LogP contribution in [0.1, 0.15) is 17.4 Å². The van der Waals surface area contributed by atoms with E-state index < -0.39 is 29.6 Å². The number of hydrogen-bond acceptors (Lipinski definition) is 6. The number of aliphatic carboxylic acids is 1. The predicted molar refractivity (Wildman–Crippen MR) is 76.2 cm³/mol. The van der Waals surface area contributed by atoms with Crippen molar-refractivity contribution >= 4 is 34.2 Å². The molecule has 0 unspecified atom stereocenters. The number of H-pyrrole nitrogens is 1. The molecule has 0 aliphatic carbocycles. The molecule has 2 rings (SSSR count). The summed E-state index contributed by atoms with van der Waals surface area (Å²) in [5.74, 6) is -1.85. The van der Waals surface area contributed by atoms with Gasteiger partial charge in [-0.25, -0.2) is 9.59 Å². The smallest absolute Gasteiger partial charge is 0.354 e. The summed E-state index contributed by atoms with van der Waals surface area (Å²) in [6, 6.07) is 0.256. The topological polar surface area (TPSA) is 124 Å². The molecule has 21 heavy (non-hydrogen) atoms. The number of aliphatic imine (C=N–C) groups is 1. The number of carboxylic acid groups (broad SMARTS) is 1. The third-order valence-electron chi connectivity index (χ3n) is 3.21. The van der Waals surface area contributed by atoms with Gasteiger partial charge in [-0.1, -0.05) is 0 Å². The summed E-state index contributed by atoms with van der Waals surface area (Å²) >= 11 is 3.20. The van der Waals surface area contributed by atoms with Crippen molar-refractivity contribution in [2.75, 3.05) is 6.61 Å². The molecule has 0 saturated heterocycles. The summed E-state index contributed by atoms with van der Waals surface area (Å²) in [5.41, 5.74) is -0.885. The molecule has 0 saturated carbocycles. The normalized spacial score (nSPS) is 28.0. The number of nitrogens with zero attached hydrogens (tertiary/aromatic N) is 1. The number of aliphatic hydroxyl groups is 1. The summed E-state index contributed by atoms with van der Waals surface area (Å²) in [6.07, 6.45) is 1.45. The average molecular weight is 360 g/mol. The first-order chi connectivity index (χ1) is 9.83. The molecule has 0 radical (unpaired) electrons. The van der Waals surface area contributed by atoms with Crippen molar-refractivity contribution in [3.63, 3.8) is 0 Å². The number of carbonyl (C=O) groups is 2. The van der Waals surface area contributed by atoms with Crippen molar-refractivity contribution in [3.05, 3.63) is 22.4 Å². The Labute approximate surface area is 128 Å². The number of rotatable bonds is 4. The highest BCUT2D eigenvalue weighted by Gasteiger charge is 2.44. The first-order valence-electron chi connectivity index (χ1n) is 6.05. The Morgan fingerprint density at radius 2 is 2.29 bits per heavy atom. The molecule has 0 bridgehead atoms. The maximum atomic E-state index is 11.8. The van der Waals surface area contributed by atoms with Crippen LogP contribution >= 0.6 is 15.9 Å². The van der Waals surface area contributed by atoms with Gasteiger partial charge in [0.2, 0.25) is 0 Å². The number of ether oxygens (including phenoxy) is 1. The van der Waals surface area contributed by atoms with Crippen molar-refractivity contribution < 1.29 is 24.5 Å². The number of hydrogen-bond donors (Lipinski definition) is 4. The SMILES string of the molecule is C[C@]1(COC(=O)c2cc(Br)c[nH]2)NC=N[C@H](C(=O)O)[C@@H]1O. The summed E-state index contributed by atoms with van der Waals surface area (Å²) in [4.78, 5) is 29.2. The van der Waals surface area contributed by atoms with Gasteiger partial charge in [0.05, 0.1) is 11.9 Å². The second-order valence-corrected chi connectivity index (χ2v) is 5.79. The number of aromatic nitrogens is 1. The Bertz CT molecular complexity index is 587. The van der Waals surface area contributed by atoms with Crippen LogP contribution in [0.2, 0.25) is 0 Å². The van der Waals surface area contributed by atoms with Gasteiger partial charge in [0.25, 0.3) is 0 Å². The van der Waals surface area contributed by atoms with Crippen LogP contribution in [-0.2, 0) is 9.53 Å². The zero-order valence-corrected chi connectivity index (χ0v) is 12.6. The third kappa shape index (κ3) is 3.24. The van der Waals surface area contributed by atoms with E-state index in [1.807, 2.05) is 0 Å². The van der Waals surface area contributed by atoms with Crippen LogP contribution in [0.5, 0.6) is 0 Å². The Balaban J connectivity index is 2.03. The summed E-state index contributed by atoms with van der Waals surface area (Å²) in [5, 5.41) is 21.8. The summed E-state index contributed by atoms with van der Waals surface area (Å²) < 4.78 is 5.82. The number of aromatic amines is 1. The lowest BCUT2D eigenvalue weighted by Crippen LogP contribution is -2.63. The molecule has 1 aromatic heterocycles. The molecule has 2 heterocycles. The van der Waals surface area contributed by atoms with Crippen LogP contribution in [0.4, 0.5) is 0 Å². The van der Waals surface area contributed by atoms with Crippen molar-refractivity contribution in [1.29, 1.82) is 0 Å². The van der Waals surface area contributed by atoms with Gasteiger partial charge >= 0.3 is 11.9 Å². The fourth-order valence-corrected chi connectivity index (χ4v) is 2.23. The zero-order chi connectivity index (χ0) is 15.6. The first kappa shape index (κ1) is 15.5. The van der Waals surface area contributed by atoms with Crippen molar-refractivity contribution in [3.8, 4) is 0 Å². The molecular weight excluding hydrogens is 346 g/mol. The molecule has 9 heteroatoms. The fraction of sp³-hybridized carbons (Fsp3) is 0.417. The molecule has 8 nitrogen and oxygen atoms in total. The monoisotopic (exact) mass is 359 g/mol. The maximum Gasteiger partial charge on any atom is 0.354 e. The first-order valence-corrected chi connectivity index (χ1v) is 6.84. The van der Waals surface area contributed by atoms with Gasteiger partial charge in [-0.3, -0.25) is 4.99 Å². The molecule has 3 atom stereocenters. The van der Waals surface area contributed by atoms with Crippen LogP contribution in [0.15, 0.2) is 21.7 Å². The van der Waals surface area contributed by atoms with Crippen LogP contribution in [0.3, 0.4) is 0 Å². The number of aliphatic hydroxyl groups excluding tert-OH is 1. The minimum Gasteiger partial charge on any atom is -0.480 e. The standard InChI is InChI=1S/C12H14BrN3O5/c1-12(9(17)8(10(18)19)15-5-16-12)4-21-11(20)7-2-6(13)3-14-7/h2-3,5,8-9,14,17H,4H2,1H3,(H,15,16)(H,18,19)/t8-,9-,12+/m0/s1. The Morgan fingerprint density at radius 1 is 1.57 bits per heavy atom. The fourth-order valence-electron chi connectivity index (χ4n) is 1.89. The zero-order valence-electron chi connectivity index (χ0n) is 11.0. The van der Waals surface area contributed by atoms with Crippen molar-refractivity contribution in [1.82, 2.24) is 10.3 Å². The van der Waals surface area contributed by atoms with E-state index in [-0.39, 0.29) is 12.3 Å². The van der Waals surface area contributed by atoms with E-state index in [0.717, 1.165) is 0 Å². The van der Waals surface area contributed by atoms with Gasteiger partial charge < -0.3 is 25.3 Å². The second-order valence-electron chi connectivity index (χ2n) is 4.88. The molecule has 0 spiro atoms. The molecule has 0 aromatic carbocycles. The van der Waals surface area contributed by atoms with Gasteiger partial charge in [-0.15, -0.1) is 0 Å². The number of esters is 1. The Morgan fingerprint density at radius 3 is 2.86 bits per heavy atom. The lowest BCUT2D eigenvalue weighted by atomic mass is 9.89. The lowest BCUT2D eigenvalue weighted by Gasteiger charge is -2.38. The van der Waals surface area contributed by atoms with E-state index in [1.54, 1.807) is 19.2 Å². The second kappa shape index (κ2) is 5.86. The highest BCUT2D eigenvalue weighted by molar-refractivity contribution is 9.10. The van der Waals surface area contributed by atoms with Crippen LogP contribution in [-0.4, -0.2) is 57.8 Å². The van der Waals surface area contributed by atoms with Crippen molar-refractivity contribution in [2.45, 2.75) is 24.6 Å². The quantitative estimate of drug-likeness (QED) is 0.566. The Kier molecular flexibility index (Phi) is 4.33. The van der Waals surface area contributed by atoms with E-state index >= 15 is 0 Å². The highest BCUT2D eigenvalue weighted by atomic mass is 79.9. The number of nitrogens with one attached hydrogen (secondary N) is 2. The van der Waals surface area contributed by atoms with E-state index in [4.69, 9.17) is 9.84 Å². The van der Waals surface area contributed by atoms with Gasteiger partial charge in [0.1, 0.15) is 18.4 Å². The molecular formula is C12H14BrN3O5.